The van der Waals surface area contributed by atoms with Crippen LogP contribution in [0.3, 0.4) is 0 Å². The zero-order valence-corrected chi connectivity index (χ0v) is 8.22. The van der Waals surface area contributed by atoms with Crippen molar-refractivity contribution in [3.63, 3.8) is 0 Å². The molecule has 1 unspecified atom stereocenters. The average Bonchev–Trinajstić information content (AvgIpc) is 2.17. The van der Waals surface area contributed by atoms with Gasteiger partial charge in [0.25, 0.3) is 0 Å². The van der Waals surface area contributed by atoms with Crippen LogP contribution in [-0.4, -0.2) is 40.5 Å². The fourth-order valence-corrected chi connectivity index (χ4v) is 1.49. The van der Waals surface area contributed by atoms with Crippen molar-refractivity contribution in [1.29, 1.82) is 0 Å². The minimum atomic E-state index is -1.02. The maximum absolute atomic E-state index is 11.2. The third-order valence-electron chi connectivity index (χ3n) is 2.49. The molecule has 1 saturated heterocycles. The van der Waals surface area contributed by atoms with Crippen molar-refractivity contribution in [1.82, 2.24) is 0 Å². The zero-order valence-electron chi connectivity index (χ0n) is 8.22. The van der Waals surface area contributed by atoms with Gasteiger partial charge in [0.1, 0.15) is 18.2 Å². The molecule has 5 nitrogen and oxygen atoms in total. The molecule has 1 rings (SSSR count). The van der Waals surface area contributed by atoms with Crippen LogP contribution in [0.1, 0.15) is 26.2 Å². The Bertz CT molecular complexity index is 209. The number of nitrogens with two attached hydrogens (primary N) is 1. The third kappa shape index (κ3) is 2.67. The molecule has 0 amide bonds. The van der Waals surface area contributed by atoms with Crippen LogP contribution in [0, 0.1) is 0 Å². The first kappa shape index (κ1) is 11.4. The van der Waals surface area contributed by atoms with Gasteiger partial charge in [0.05, 0.1) is 6.10 Å². The molecule has 1 fully saturated rings. The van der Waals surface area contributed by atoms with E-state index in [1.54, 1.807) is 6.92 Å². The van der Waals surface area contributed by atoms with Crippen LogP contribution in [0.5, 0.6) is 0 Å². The highest BCUT2D eigenvalue weighted by Crippen LogP contribution is 2.15. The number of hydrogen-bond acceptors (Lipinski definition) is 5. The first-order chi connectivity index (χ1) is 6.52. The van der Waals surface area contributed by atoms with E-state index in [1.165, 1.54) is 0 Å². The fraction of sp³-hybridized carbons (Fsp3) is 0.889. The van der Waals surface area contributed by atoms with Crippen molar-refractivity contribution < 1.29 is 19.7 Å². The second kappa shape index (κ2) is 4.72. The number of cyclic esters (lactones) is 1. The molecule has 4 atom stereocenters. The Morgan fingerprint density at radius 1 is 1.43 bits per heavy atom. The summed E-state index contributed by atoms with van der Waals surface area (Å²) in [4.78, 5) is 11.2. The standard InChI is InChI=1S/C9H17NO4/c1-5-8(12)7(11)4-2-3-6(10)9(13)14-5/h5-8,11-12H,2-4,10H2,1H3/t5-,6?,7-,8-/m0/s1. The SMILES string of the molecule is C[C@@H]1OC(=O)C(N)CCC[C@H](O)[C@H]1O. The summed E-state index contributed by atoms with van der Waals surface area (Å²) in [5.41, 5.74) is 5.53. The van der Waals surface area contributed by atoms with E-state index in [0.717, 1.165) is 0 Å². The molecular weight excluding hydrogens is 186 g/mol. The molecule has 0 bridgehead atoms. The van der Waals surface area contributed by atoms with Gasteiger partial charge in [-0.3, -0.25) is 4.79 Å². The van der Waals surface area contributed by atoms with E-state index >= 15 is 0 Å². The van der Waals surface area contributed by atoms with Crippen LogP contribution in [-0.2, 0) is 9.53 Å². The molecule has 0 aromatic carbocycles. The van der Waals surface area contributed by atoms with Crippen LogP contribution in [0.15, 0.2) is 0 Å². The molecule has 1 aliphatic rings. The highest BCUT2D eigenvalue weighted by Gasteiger charge is 2.29. The smallest absolute Gasteiger partial charge is 0.323 e. The van der Waals surface area contributed by atoms with Crippen LogP contribution in [0.4, 0.5) is 0 Å². The Morgan fingerprint density at radius 3 is 2.71 bits per heavy atom. The van der Waals surface area contributed by atoms with Crippen LogP contribution in [0.25, 0.3) is 0 Å². The number of aliphatic hydroxyl groups excluding tert-OH is 2. The maximum Gasteiger partial charge on any atom is 0.323 e. The van der Waals surface area contributed by atoms with Crippen molar-refractivity contribution in [2.24, 2.45) is 5.73 Å². The molecule has 0 aromatic rings. The molecular formula is C9H17NO4. The summed E-state index contributed by atoms with van der Waals surface area (Å²) in [6.45, 7) is 1.55. The number of aliphatic hydroxyl groups is 2. The number of ether oxygens (including phenoxy) is 1. The lowest BCUT2D eigenvalue weighted by molar-refractivity contribution is -0.158. The molecule has 0 aliphatic carbocycles. The van der Waals surface area contributed by atoms with Gasteiger partial charge in [-0.15, -0.1) is 0 Å². The van der Waals surface area contributed by atoms with Crippen molar-refractivity contribution in [3.05, 3.63) is 0 Å². The second-order valence-electron chi connectivity index (χ2n) is 3.74. The highest BCUT2D eigenvalue weighted by atomic mass is 16.6. The number of esters is 1. The average molecular weight is 203 g/mol. The van der Waals surface area contributed by atoms with Crippen LogP contribution < -0.4 is 5.73 Å². The summed E-state index contributed by atoms with van der Waals surface area (Å²) in [7, 11) is 0. The number of rotatable bonds is 0. The lowest BCUT2D eigenvalue weighted by atomic mass is 10.0. The van der Waals surface area contributed by atoms with E-state index in [-0.39, 0.29) is 0 Å². The summed E-state index contributed by atoms with van der Waals surface area (Å²) in [5.74, 6) is -0.509. The summed E-state index contributed by atoms with van der Waals surface area (Å²) in [5, 5.41) is 19.0. The van der Waals surface area contributed by atoms with Gasteiger partial charge in [-0.25, -0.2) is 0 Å². The monoisotopic (exact) mass is 203 g/mol. The molecule has 0 radical (unpaired) electrons. The molecule has 82 valence electrons. The summed E-state index contributed by atoms with van der Waals surface area (Å²) in [6, 6.07) is -0.644. The van der Waals surface area contributed by atoms with E-state index in [9.17, 15) is 15.0 Å². The first-order valence-corrected chi connectivity index (χ1v) is 4.84. The Kier molecular flexibility index (Phi) is 3.86. The number of carbonyl (C=O) groups excluding carboxylic acids is 1. The van der Waals surface area contributed by atoms with Crippen LogP contribution in [0.2, 0.25) is 0 Å². The molecule has 0 saturated carbocycles. The largest absolute Gasteiger partial charge is 0.459 e. The van der Waals surface area contributed by atoms with E-state index < -0.39 is 30.3 Å². The van der Waals surface area contributed by atoms with Gasteiger partial charge in [0, 0.05) is 0 Å². The second-order valence-corrected chi connectivity index (χ2v) is 3.74. The third-order valence-corrected chi connectivity index (χ3v) is 2.49. The molecule has 0 aromatic heterocycles. The normalized spacial score (nSPS) is 40.7. The topological polar surface area (TPSA) is 92.8 Å². The van der Waals surface area contributed by atoms with Crippen molar-refractivity contribution in [2.75, 3.05) is 0 Å². The molecule has 1 heterocycles. The summed E-state index contributed by atoms with van der Waals surface area (Å²) >= 11 is 0. The molecule has 5 heteroatoms. The van der Waals surface area contributed by atoms with Crippen molar-refractivity contribution in [2.45, 2.75) is 50.5 Å². The fourth-order valence-electron chi connectivity index (χ4n) is 1.49. The molecule has 14 heavy (non-hydrogen) atoms. The Labute approximate surface area is 82.9 Å². The predicted octanol–water partition coefficient (Wildman–Crippen LogP) is -0.849. The minimum absolute atomic E-state index is 0.440. The quantitative estimate of drug-likeness (QED) is 0.446. The van der Waals surface area contributed by atoms with E-state index in [2.05, 4.69) is 0 Å². The summed E-state index contributed by atoms with van der Waals surface area (Å²) in [6.07, 6.45) is -1.04. The van der Waals surface area contributed by atoms with Crippen molar-refractivity contribution >= 4 is 5.97 Å². The number of carbonyl (C=O) groups is 1. The molecule has 0 spiro atoms. The van der Waals surface area contributed by atoms with Gasteiger partial charge >= 0.3 is 5.97 Å². The zero-order chi connectivity index (χ0) is 10.7. The van der Waals surface area contributed by atoms with E-state index in [0.29, 0.717) is 19.3 Å². The van der Waals surface area contributed by atoms with Gasteiger partial charge in [-0.1, -0.05) is 0 Å². The minimum Gasteiger partial charge on any atom is -0.459 e. The Morgan fingerprint density at radius 2 is 2.07 bits per heavy atom. The van der Waals surface area contributed by atoms with E-state index in [1.807, 2.05) is 0 Å². The predicted molar refractivity (Wildman–Crippen MR) is 49.4 cm³/mol. The molecule has 1 aliphatic heterocycles. The van der Waals surface area contributed by atoms with Gasteiger partial charge in [-0.05, 0) is 26.2 Å². The lowest BCUT2D eigenvalue weighted by Crippen LogP contribution is -2.40. The first-order valence-electron chi connectivity index (χ1n) is 4.84. The Balaban J connectivity index is 2.66. The van der Waals surface area contributed by atoms with E-state index in [4.69, 9.17) is 10.5 Å². The van der Waals surface area contributed by atoms with Crippen molar-refractivity contribution in [3.8, 4) is 0 Å². The van der Waals surface area contributed by atoms with Gasteiger partial charge < -0.3 is 20.7 Å². The number of hydrogen-bond donors (Lipinski definition) is 3. The highest BCUT2D eigenvalue weighted by molar-refractivity contribution is 5.75. The van der Waals surface area contributed by atoms with Gasteiger partial charge in [0.2, 0.25) is 0 Å². The maximum atomic E-state index is 11.2. The summed E-state index contributed by atoms with van der Waals surface area (Å²) < 4.78 is 4.89. The van der Waals surface area contributed by atoms with Crippen LogP contribution >= 0.6 is 0 Å². The lowest BCUT2D eigenvalue weighted by Gasteiger charge is -2.22. The van der Waals surface area contributed by atoms with Gasteiger partial charge in [0.15, 0.2) is 0 Å². The Hall–Kier alpha value is -0.650. The van der Waals surface area contributed by atoms with Gasteiger partial charge in [-0.2, -0.15) is 0 Å². The molecule has 4 N–H and O–H groups in total.